The summed E-state index contributed by atoms with van der Waals surface area (Å²) in [5.41, 5.74) is -0.799. The smallest absolute Gasteiger partial charge is 0.414 e. The van der Waals surface area contributed by atoms with Gasteiger partial charge in [-0.25, -0.2) is 0 Å². The highest BCUT2D eigenvalue weighted by molar-refractivity contribution is 7.88. The largest absolute Gasteiger partial charge is 0.492 e. The number of aromatic hydroxyl groups is 2. The Morgan fingerprint density at radius 3 is 2.04 bits per heavy atom. The second-order valence-corrected chi connectivity index (χ2v) is 9.94. The van der Waals surface area contributed by atoms with Crippen LogP contribution in [0.3, 0.4) is 0 Å². The lowest BCUT2D eigenvalue weighted by molar-refractivity contribution is -0.177. The lowest BCUT2D eigenvalue weighted by Crippen LogP contribution is -2.51. The van der Waals surface area contributed by atoms with Crippen molar-refractivity contribution in [2.75, 3.05) is 6.61 Å². The van der Waals surface area contributed by atoms with Gasteiger partial charge in [-0.2, -0.15) is 17.2 Å². The Balaban J connectivity index is 1.44. The van der Waals surface area contributed by atoms with Gasteiger partial charge < -0.3 is 14.9 Å². The SMILES string of the molecule is O=C(OCC(F)(F)S(=O)(=O)On1c(O)ccc1O)C12CC3CC(CC(C3)C1)C2. The monoisotopic (exact) mass is 421 g/mol. The molecule has 0 atom stereocenters. The first kappa shape index (κ1) is 19.3. The van der Waals surface area contributed by atoms with Gasteiger partial charge in [0.2, 0.25) is 11.8 Å². The van der Waals surface area contributed by atoms with Crippen LogP contribution in [0.25, 0.3) is 0 Å². The zero-order valence-electron chi connectivity index (χ0n) is 14.9. The van der Waals surface area contributed by atoms with E-state index in [-0.39, 0.29) is 4.73 Å². The lowest BCUT2D eigenvalue weighted by Gasteiger charge is -2.55. The molecule has 4 aliphatic rings. The molecular weight excluding hydrogens is 400 g/mol. The molecule has 5 rings (SSSR count). The average molecular weight is 421 g/mol. The first-order valence-corrected chi connectivity index (χ1v) is 10.5. The van der Waals surface area contributed by atoms with E-state index in [0.717, 1.165) is 31.4 Å². The highest BCUT2D eigenvalue weighted by Gasteiger charge is 2.57. The van der Waals surface area contributed by atoms with E-state index >= 15 is 0 Å². The topological polar surface area (TPSA) is 115 Å². The summed E-state index contributed by atoms with van der Waals surface area (Å²) in [4.78, 5) is 12.6. The second-order valence-electron chi connectivity index (χ2n) is 8.28. The normalized spacial score (nSPS) is 31.7. The van der Waals surface area contributed by atoms with Crippen LogP contribution in [0.5, 0.6) is 11.8 Å². The van der Waals surface area contributed by atoms with Gasteiger partial charge in [-0.3, -0.25) is 9.08 Å². The molecule has 0 aromatic carbocycles. The second kappa shape index (κ2) is 6.23. The third kappa shape index (κ3) is 3.09. The van der Waals surface area contributed by atoms with Crippen LogP contribution in [0.2, 0.25) is 0 Å². The number of carbonyl (C=O) groups is 1. The lowest BCUT2D eigenvalue weighted by atomic mass is 9.49. The molecule has 156 valence electrons. The summed E-state index contributed by atoms with van der Waals surface area (Å²) >= 11 is 0. The predicted octanol–water partition coefficient (Wildman–Crippen LogP) is 2.01. The number of aromatic nitrogens is 1. The van der Waals surface area contributed by atoms with Crippen molar-refractivity contribution < 1.29 is 41.2 Å². The summed E-state index contributed by atoms with van der Waals surface area (Å²) in [5.74, 6) is -1.37. The number of carbonyl (C=O) groups excluding carboxylic acids is 1. The summed E-state index contributed by atoms with van der Waals surface area (Å²) < 4.78 is 61.0. The van der Waals surface area contributed by atoms with Crippen molar-refractivity contribution in [2.24, 2.45) is 23.2 Å². The summed E-state index contributed by atoms with van der Waals surface area (Å²) in [6.45, 7) is -1.70. The molecule has 11 heteroatoms. The number of ether oxygens (including phenoxy) is 1. The maximum absolute atomic E-state index is 14.2. The minimum Gasteiger partial charge on any atom is -0.492 e. The minimum absolute atomic E-state index is 0.0653. The maximum atomic E-state index is 14.2. The highest BCUT2D eigenvalue weighted by atomic mass is 32.2. The van der Waals surface area contributed by atoms with Crippen LogP contribution >= 0.6 is 0 Å². The van der Waals surface area contributed by atoms with Gasteiger partial charge in [0.25, 0.3) is 0 Å². The number of hydrogen-bond donors (Lipinski definition) is 2. The summed E-state index contributed by atoms with van der Waals surface area (Å²) in [5, 5.41) is 14.2. The number of alkyl halides is 2. The zero-order chi connectivity index (χ0) is 20.3. The van der Waals surface area contributed by atoms with Crippen LogP contribution in [0.4, 0.5) is 8.78 Å². The molecule has 1 aromatic heterocycles. The Kier molecular flexibility index (Phi) is 4.29. The standard InChI is InChI=1S/C17H21F2NO7S/c18-17(19,28(24,25)27-20-13(21)1-2-14(20)22)9-26-15(23)16-6-10-3-11(7-16)5-12(4-10)8-16/h1-2,10-12,21-22H,3-9H2. The third-order valence-corrected chi connectivity index (χ3v) is 7.37. The highest BCUT2D eigenvalue weighted by Crippen LogP contribution is 2.60. The first-order chi connectivity index (χ1) is 13.0. The van der Waals surface area contributed by atoms with Crippen molar-refractivity contribution in [1.82, 2.24) is 4.73 Å². The Labute approximate surface area is 160 Å². The molecule has 8 nitrogen and oxygen atoms in total. The van der Waals surface area contributed by atoms with Crippen molar-refractivity contribution in [1.29, 1.82) is 0 Å². The van der Waals surface area contributed by atoms with Crippen LogP contribution in [0.1, 0.15) is 38.5 Å². The van der Waals surface area contributed by atoms with Gasteiger partial charge in [-0.1, -0.05) is 4.73 Å². The van der Waals surface area contributed by atoms with Gasteiger partial charge in [-0.05, 0) is 56.3 Å². The van der Waals surface area contributed by atoms with E-state index in [9.17, 15) is 32.2 Å². The molecule has 0 unspecified atom stereocenters. The average Bonchev–Trinajstić information content (AvgIpc) is 2.90. The van der Waals surface area contributed by atoms with Gasteiger partial charge in [-0.15, -0.1) is 0 Å². The molecule has 0 aliphatic heterocycles. The quantitative estimate of drug-likeness (QED) is 0.675. The molecule has 4 bridgehead atoms. The Morgan fingerprint density at radius 1 is 1.11 bits per heavy atom. The number of halogens is 2. The van der Waals surface area contributed by atoms with Gasteiger partial charge in [0, 0.05) is 12.1 Å². The number of nitrogens with zero attached hydrogens (tertiary/aromatic N) is 1. The molecule has 4 aliphatic carbocycles. The van der Waals surface area contributed by atoms with Crippen molar-refractivity contribution in [3.05, 3.63) is 12.1 Å². The van der Waals surface area contributed by atoms with Gasteiger partial charge >= 0.3 is 21.3 Å². The molecule has 0 spiro atoms. The fourth-order valence-electron chi connectivity index (χ4n) is 5.37. The summed E-state index contributed by atoms with van der Waals surface area (Å²) in [6, 6.07) is 1.71. The van der Waals surface area contributed by atoms with E-state index in [1.54, 1.807) is 0 Å². The molecule has 0 amide bonds. The minimum atomic E-state index is -5.65. The van der Waals surface area contributed by atoms with E-state index < -0.39 is 45.1 Å². The molecule has 0 radical (unpaired) electrons. The fraction of sp³-hybridized carbons (Fsp3) is 0.706. The molecule has 1 aromatic rings. The Morgan fingerprint density at radius 2 is 1.57 bits per heavy atom. The van der Waals surface area contributed by atoms with E-state index in [0.29, 0.717) is 37.0 Å². The molecule has 28 heavy (non-hydrogen) atoms. The predicted molar refractivity (Wildman–Crippen MR) is 89.8 cm³/mol. The molecule has 0 saturated heterocycles. The number of esters is 1. The fourth-order valence-corrected chi connectivity index (χ4v) is 6.03. The van der Waals surface area contributed by atoms with Crippen molar-refractivity contribution in [2.45, 2.75) is 43.8 Å². The maximum Gasteiger partial charge on any atom is 0.414 e. The van der Waals surface area contributed by atoms with Crippen molar-refractivity contribution in [3.8, 4) is 11.8 Å². The van der Waals surface area contributed by atoms with E-state index in [1.165, 1.54) is 0 Å². The van der Waals surface area contributed by atoms with Gasteiger partial charge in [0.15, 0.2) is 6.61 Å². The third-order valence-electron chi connectivity index (χ3n) is 6.18. The van der Waals surface area contributed by atoms with E-state index in [4.69, 9.17) is 4.74 Å². The molecule has 4 saturated carbocycles. The van der Waals surface area contributed by atoms with E-state index in [2.05, 4.69) is 4.28 Å². The Hall–Kier alpha value is -2.04. The Bertz CT molecular complexity index is 841. The van der Waals surface area contributed by atoms with Crippen LogP contribution in [-0.2, 0) is 19.6 Å². The van der Waals surface area contributed by atoms with Crippen LogP contribution in [0.15, 0.2) is 12.1 Å². The van der Waals surface area contributed by atoms with Crippen molar-refractivity contribution >= 4 is 16.1 Å². The molecule has 2 N–H and O–H groups in total. The van der Waals surface area contributed by atoms with Crippen molar-refractivity contribution in [3.63, 3.8) is 0 Å². The molecular formula is C17H21F2NO7S. The first-order valence-electron chi connectivity index (χ1n) is 9.11. The van der Waals surface area contributed by atoms with Crippen LogP contribution in [0, 0.1) is 23.2 Å². The van der Waals surface area contributed by atoms with Crippen LogP contribution < -0.4 is 4.28 Å². The summed E-state index contributed by atoms with van der Waals surface area (Å²) in [7, 11) is -5.65. The zero-order valence-corrected chi connectivity index (χ0v) is 15.7. The van der Waals surface area contributed by atoms with Crippen LogP contribution in [-0.4, -0.2) is 41.2 Å². The molecule has 4 fully saturated rings. The van der Waals surface area contributed by atoms with Gasteiger partial charge in [0.1, 0.15) is 0 Å². The van der Waals surface area contributed by atoms with Gasteiger partial charge in [0.05, 0.1) is 5.41 Å². The molecule has 1 heterocycles. The summed E-state index contributed by atoms with van der Waals surface area (Å²) in [6.07, 6.45) is 4.94. The number of rotatable bonds is 6. The van der Waals surface area contributed by atoms with E-state index in [1.807, 2.05) is 0 Å². The number of hydrogen-bond acceptors (Lipinski definition) is 7.